The molecule has 1 unspecified atom stereocenters. The fourth-order valence-corrected chi connectivity index (χ4v) is 2.92. The lowest BCUT2D eigenvalue weighted by atomic mass is 10.1. The average Bonchev–Trinajstić information content (AvgIpc) is 2.72. The first kappa shape index (κ1) is 12.7. The maximum atomic E-state index is 13.0. The Kier molecular flexibility index (Phi) is 4.25. The van der Waals surface area contributed by atoms with Crippen molar-refractivity contribution in [1.29, 1.82) is 0 Å². The van der Waals surface area contributed by atoms with Crippen LogP contribution in [0, 0.1) is 5.82 Å². The minimum absolute atomic E-state index is 0.0761. The predicted octanol–water partition coefficient (Wildman–Crippen LogP) is 3.90. The molecule has 0 aliphatic carbocycles. The topological polar surface area (TPSA) is 24.9 Å². The summed E-state index contributed by atoms with van der Waals surface area (Å²) in [5.74, 6) is -0.298. The molecule has 5 heteroatoms. The van der Waals surface area contributed by atoms with Crippen LogP contribution >= 0.6 is 27.3 Å². The zero-order valence-electron chi connectivity index (χ0n) is 9.28. The highest BCUT2D eigenvalue weighted by Gasteiger charge is 2.08. The van der Waals surface area contributed by atoms with Gasteiger partial charge in [0.2, 0.25) is 0 Å². The van der Waals surface area contributed by atoms with E-state index >= 15 is 0 Å². The zero-order valence-corrected chi connectivity index (χ0v) is 11.7. The highest BCUT2D eigenvalue weighted by Crippen LogP contribution is 2.23. The normalized spacial score (nSPS) is 12.6. The van der Waals surface area contributed by atoms with Gasteiger partial charge in [-0.2, -0.15) is 0 Å². The number of halogens is 2. The van der Waals surface area contributed by atoms with Gasteiger partial charge in [-0.25, -0.2) is 4.39 Å². The predicted molar refractivity (Wildman–Crippen MR) is 71.5 cm³/mol. The third-order valence-electron chi connectivity index (χ3n) is 2.49. The maximum absolute atomic E-state index is 13.0. The molecule has 0 aromatic carbocycles. The number of hydrogen-bond acceptors (Lipinski definition) is 3. The van der Waals surface area contributed by atoms with Gasteiger partial charge in [0, 0.05) is 28.1 Å². The molecule has 2 aromatic heterocycles. The lowest BCUT2D eigenvalue weighted by molar-refractivity contribution is 0.563. The molecule has 0 fully saturated rings. The van der Waals surface area contributed by atoms with E-state index in [9.17, 15) is 4.39 Å². The molecule has 2 nitrogen and oxygen atoms in total. The molecule has 2 aromatic rings. The molecule has 0 aliphatic rings. The van der Waals surface area contributed by atoms with Crippen molar-refractivity contribution in [1.82, 2.24) is 10.3 Å². The van der Waals surface area contributed by atoms with Gasteiger partial charge in [0.05, 0.1) is 6.20 Å². The first-order valence-electron chi connectivity index (χ1n) is 5.22. The first-order valence-corrected chi connectivity index (χ1v) is 6.90. The molecule has 17 heavy (non-hydrogen) atoms. The Morgan fingerprint density at radius 2 is 2.35 bits per heavy atom. The van der Waals surface area contributed by atoms with Crippen molar-refractivity contribution >= 4 is 27.3 Å². The first-order chi connectivity index (χ1) is 8.16. The molecule has 0 radical (unpaired) electrons. The summed E-state index contributed by atoms with van der Waals surface area (Å²) in [6.45, 7) is 2.76. The Bertz CT molecular complexity index is 501. The zero-order chi connectivity index (χ0) is 12.3. The van der Waals surface area contributed by atoms with Gasteiger partial charge >= 0.3 is 0 Å². The molecule has 0 saturated heterocycles. The van der Waals surface area contributed by atoms with Crippen LogP contribution in [-0.2, 0) is 6.54 Å². The van der Waals surface area contributed by atoms with Crippen molar-refractivity contribution in [2.45, 2.75) is 19.5 Å². The highest BCUT2D eigenvalue weighted by atomic mass is 79.9. The highest BCUT2D eigenvalue weighted by molar-refractivity contribution is 9.10. The fourth-order valence-electron chi connectivity index (χ4n) is 1.48. The summed E-state index contributed by atoms with van der Waals surface area (Å²) in [6, 6.07) is 3.61. The van der Waals surface area contributed by atoms with Crippen molar-refractivity contribution in [2.75, 3.05) is 0 Å². The van der Waals surface area contributed by atoms with Crippen LogP contribution in [0.1, 0.15) is 23.4 Å². The Hall–Kier alpha value is -0.780. The van der Waals surface area contributed by atoms with Crippen molar-refractivity contribution in [3.63, 3.8) is 0 Å². The largest absolute Gasteiger partial charge is 0.305 e. The van der Waals surface area contributed by atoms with Crippen LogP contribution in [0.2, 0.25) is 0 Å². The summed E-state index contributed by atoms with van der Waals surface area (Å²) in [5, 5.41) is 5.38. The SMILES string of the molecule is CC(NCc1sccc1Br)c1cncc(F)c1. The van der Waals surface area contributed by atoms with Crippen LogP contribution in [0.4, 0.5) is 4.39 Å². The second-order valence-corrected chi connectivity index (χ2v) is 5.59. The van der Waals surface area contributed by atoms with Crippen LogP contribution in [0.3, 0.4) is 0 Å². The monoisotopic (exact) mass is 314 g/mol. The Morgan fingerprint density at radius 3 is 3.00 bits per heavy atom. The third-order valence-corrected chi connectivity index (χ3v) is 4.41. The van der Waals surface area contributed by atoms with Crippen molar-refractivity contribution in [3.8, 4) is 0 Å². The van der Waals surface area contributed by atoms with Gasteiger partial charge in [0.25, 0.3) is 0 Å². The molecule has 90 valence electrons. The average molecular weight is 315 g/mol. The van der Waals surface area contributed by atoms with Crippen LogP contribution in [-0.4, -0.2) is 4.98 Å². The van der Waals surface area contributed by atoms with Gasteiger partial charge in [0.1, 0.15) is 5.82 Å². The van der Waals surface area contributed by atoms with E-state index in [4.69, 9.17) is 0 Å². The third kappa shape index (κ3) is 3.34. The van der Waals surface area contributed by atoms with Gasteiger partial charge in [0.15, 0.2) is 0 Å². The summed E-state index contributed by atoms with van der Waals surface area (Å²) in [6.07, 6.45) is 2.90. The second kappa shape index (κ2) is 5.71. The van der Waals surface area contributed by atoms with Gasteiger partial charge in [-0.3, -0.25) is 4.98 Å². The van der Waals surface area contributed by atoms with Gasteiger partial charge < -0.3 is 5.32 Å². The Morgan fingerprint density at radius 1 is 1.53 bits per heavy atom. The lowest BCUT2D eigenvalue weighted by Crippen LogP contribution is -2.18. The van der Waals surface area contributed by atoms with Gasteiger partial charge in [-0.15, -0.1) is 11.3 Å². The minimum Gasteiger partial charge on any atom is -0.305 e. The van der Waals surface area contributed by atoms with E-state index in [-0.39, 0.29) is 11.9 Å². The van der Waals surface area contributed by atoms with Crippen LogP contribution in [0.25, 0.3) is 0 Å². The number of hydrogen-bond donors (Lipinski definition) is 1. The van der Waals surface area contributed by atoms with E-state index in [0.717, 1.165) is 16.6 Å². The van der Waals surface area contributed by atoms with Crippen LogP contribution in [0.15, 0.2) is 34.4 Å². The standard InChI is InChI=1S/C12H12BrFN2S/c1-8(9-4-10(14)6-15-5-9)16-7-12-11(13)2-3-17-12/h2-6,8,16H,7H2,1H3. The van der Waals surface area contributed by atoms with Crippen molar-refractivity contribution < 1.29 is 4.39 Å². The number of nitrogens with one attached hydrogen (secondary N) is 1. The quantitative estimate of drug-likeness (QED) is 0.926. The molecular formula is C12H12BrFN2S. The number of nitrogens with zero attached hydrogens (tertiary/aromatic N) is 1. The minimum atomic E-state index is -0.298. The summed E-state index contributed by atoms with van der Waals surface area (Å²) in [5.41, 5.74) is 0.859. The number of thiophene rings is 1. The van der Waals surface area contributed by atoms with Crippen molar-refractivity contribution in [2.24, 2.45) is 0 Å². The van der Waals surface area contributed by atoms with E-state index in [2.05, 4.69) is 26.2 Å². The van der Waals surface area contributed by atoms with Crippen molar-refractivity contribution in [3.05, 3.63) is 50.6 Å². The second-order valence-electron chi connectivity index (χ2n) is 3.73. The fraction of sp³-hybridized carbons (Fsp3) is 0.250. The number of aromatic nitrogens is 1. The molecule has 1 atom stereocenters. The molecule has 0 amide bonds. The molecule has 0 bridgehead atoms. The van der Waals surface area contributed by atoms with Crippen LogP contribution < -0.4 is 5.32 Å². The Labute approximate surface area is 112 Å². The molecule has 2 heterocycles. The molecule has 0 spiro atoms. The molecular weight excluding hydrogens is 303 g/mol. The molecule has 0 saturated carbocycles. The molecule has 1 N–H and O–H groups in total. The molecule has 0 aliphatic heterocycles. The lowest BCUT2D eigenvalue weighted by Gasteiger charge is -2.13. The molecule has 2 rings (SSSR count). The van der Waals surface area contributed by atoms with E-state index in [1.165, 1.54) is 17.1 Å². The van der Waals surface area contributed by atoms with E-state index in [1.807, 2.05) is 18.4 Å². The number of rotatable bonds is 4. The van der Waals surface area contributed by atoms with Gasteiger partial charge in [-0.05, 0) is 45.9 Å². The van der Waals surface area contributed by atoms with E-state index in [1.54, 1.807) is 17.5 Å². The smallest absolute Gasteiger partial charge is 0.141 e. The van der Waals surface area contributed by atoms with E-state index in [0.29, 0.717) is 0 Å². The summed E-state index contributed by atoms with van der Waals surface area (Å²) >= 11 is 5.17. The summed E-state index contributed by atoms with van der Waals surface area (Å²) in [4.78, 5) is 5.08. The van der Waals surface area contributed by atoms with E-state index < -0.39 is 0 Å². The maximum Gasteiger partial charge on any atom is 0.141 e. The van der Waals surface area contributed by atoms with Gasteiger partial charge in [-0.1, -0.05) is 0 Å². The summed E-state index contributed by atoms with van der Waals surface area (Å²) in [7, 11) is 0. The van der Waals surface area contributed by atoms with Crippen LogP contribution in [0.5, 0.6) is 0 Å². The Balaban J connectivity index is 1.98. The number of pyridine rings is 1. The summed E-state index contributed by atoms with van der Waals surface area (Å²) < 4.78 is 14.1.